The summed E-state index contributed by atoms with van der Waals surface area (Å²) in [7, 11) is 1.61. The number of anilines is 1. The van der Waals surface area contributed by atoms with Crippen molar-refractivity contribution in [1.29, 1.82) is 0 Å². The monoisotopic (exact) mass is 623 g/mol. The number of fused-ring (bicyclic) bond motifs is 1. The number of imidazole rings is 1. The van der Waals surface area contributed by atoms with Crippen LogP contribution in [0.2, 0.25) is 10.0 Å². The highest BCUT2D eigenvalue weighted by atomic mass is 79.9. The maximum Gasteiger partial charge on any atom is 0.246 e. The van der Waals surface area contributed by atoms with Crippen molar-refractivity contribution in [2.45, 2.75) is 58.1 Å². The van der Waals surface area contributed by atoms with Gasteiger partial charge in [-0.3, -0.25) is 14.0 Å². The molecule has 1 saturated carbocycles. The number of carbonyl (C=O) groups is 2. The number of aromatic nitrogens is 2. The summed E-state index contributed by atoms with van der Waals surface area (Å²) < 4.78 is 8.79. The van der Waals surface area contributed by atoms with E-state index < -0.39 is 0 Å². The predicted octanol–water partition coefficient (Wildman–Crippen LogP) is 5.68. The SMILES string of the molecule is Cc1nc2c(OCc3c(Cl)ccc(N(C)C(=O)CNC(=O)CNC4CCCCCC4)c3Cl)cccn2c1Br. The number of nitrogens with one attached hydrogen (secondary N) is 2. The number of amides is 2. The smallest absolute Gasteiger partial charge is 0.246 e. The van der Waals surface area contributed by atoms with Gasteiger partial charge in [0, 0.05) is 29.9 Å². The summed E-state index contributed by atoms with van der Waals surface area (Å²) in [6.07, 6.45) is 8.95. The number of ether oxygens (including phenoxy) is 1. The van der Waals surface area contributed by atoms with Crippen molar-refractivity contribution >= 4 is 62.3 Å². The predicted molar refractivity (Wildman–Crippen MR) is 154 cm³/mol. The van der Waals surface area contributed by atoms with Gasteiger partial charge in [0.2, 0.25) is 11.8 Å². The van der Waals surface area contributed by atoms with Crippen LogP contribution in [0, 0.1) is 6.92 Å². The van der Waals surface area contributed by atoms with Gasteiger partial charge in [0.25, 0.3) is 0 Å². The number of halogens is 3. The Morgan fingerprint density at radius 2 is 1.89 bits per heavy atom. The van der Waals surface area contributed by atoms with Crippen LogP contribution in [0.4, 0.5) is 5.69 Å². The Kier molecular flexibility index (Phi) is 9.92. The van der Waals surface area contributed by atoms with Crippen molar-refractivity contribution in [3.05, 3.63) is 56.4 Å². The highest BCUT2D eigenvalue weighted by Crippen LogP contribution is 2.35. The van der Waals surface area contributed by atoms with Gasteiger partial charge >= 0.3 is 0 Å². The molecule has 11 heteroatoms. The van der Waals surface area contributed by atoms with Crippen LogP contribution in [0.15, 0.2) is 35.1 Å². The first-order chi connectivity index (χ1) is 18.3. The highest BCUT2D eigenvalue weighted by molar-refractivity contribution is 9.10. The van der Waals surface area contributed by atoms with Crippen molar-refractivity contribution in [3.8, 4) is 5.75 Å². The second-order valence-corrected chi connectivity index (χ2v) is 11.0. The summed E-state index contributed by atoms with van der Waals surface area (Å²) in [4.78, 5) is 31.1. The van der Waals surface area contributed by atoms with Gasteiger partial charge in [-0.1, -0.05) is 48.9 Å². The number of carbonyl (C=O) groups excluding carboxylic acids is 2. The average Bonchev–Trinajstić information content (AvgIpc) is 3.06. The first-order valence-electron chi connectivity index (χ1n) is 12.8. The minimum atomic E-state index is -0.300. The van der Waals surface area contributed by atoms with Crippen molar-refractivity contribution in [2.75, 3.05) is 25.0 Å². The first-order valence-corrected chi connectivity index (χ1v) is 14.3. The third kappa shape index (κ3) is 6.81. The van der Waals surface area contributed by atoms with E-state index in [0.29, 0.717) is 38.7 Å². The molecule has 0 atom stereocenters. The molecule has 0 saturated heterocycles. The van der Waals surface area contributed by atoms with Gasteiger partial charge in [-0.15, -0.1) is 0 Å². The third-order valence-electron chi connectivity index (χ3n) is 6.83. The lowest BCUT2D eigenvalue weighted by molar-refractivity contribution is -0.124. The van der Waals surface area contributed by atoms with Crippen LogP contribution >= 0.6 is 39.1 Å². The van der Waals surface area contributed by atoms with Gasteiger partial charge in [0.15, 0.2) is 11.4 Å². The summed E-state index contributed by atoms with van der Waals surface area (Å²) in [5.74, 6) is 0.0668. The average molecular weight is 625 g/mol. The largest absolute Gasteiger partial charge is 0.485 e. The number of nitrogens with zero attached hydrogens (tertiary/aromatic N) is 3. The molecule has 0 spiro atoms. The van der Waals surface area contributed by atoms with Gasteiger partial charge in [-0.2, -0.15) is 0 Å². The molecule has 2 aromatic heterocycles. The maximum atomic E-state index is 12.9. The quantitative estimate of drug-likeness (QED) is 0.299. The van der Waals surface area contributed by atoms with E-state index >= 15 is 0 Å². The summed E-state index contributed by atoms with van der Waals surface area (Å²) in [6.45, 7) is 2.05. The van der Waals surface area contributed by atoms with Gasteiger partial charge in [0.1, 0.15) is 11.2 Å². The fourth-order valence-electron chi connectivity index (χ4n) is 4.58. The molecule has 0 aliphatic heterocycles. The second-order valence-electron chi connectivity index (χ2n) is 9.50. The van der Waals surface area contributed by atoms with Crippen molar-refractivity contribution < 1.29 is 14.3 Å². The zero-order chi connectivity index (χ0) is 27.2. The number of aryl methyl sites for hydroxylation is 1. The van der Waals surface area contributed by atoms with E-state index in [2.05, 4.69) is 31.5 Å². The topological polar surface area (TPSA) is 88.0 Å². The Hall–Kier alpha value is -2.33. The number of likely N-dealkylation sites (N-methyl/N-ethyl adjacent to an activating group) is 1. The number of benzene rings is 1. The van der Waals surface area contributed by atoms with Gasteiger partial charge in [-0.05, 0) is 60.0 Å². The van der Waals surface area contributed by atoms with Crippen molar-refractivity contribution in [1.82, 2.24) is 20.0 Å². The lowest BCUT2D eigenvalue weighted by Crippen LogP contribution is -2.43. The Morgan fingerprint density at radius 3 is 2.63 bits per heavy atom. The van der Waals surface area contributed by atoms with E-state index in [1.54, 1.807) is 19.2 Å². The zero-order valence-corrected chi connectivity index (χ0v) is 24.6. The molecular weight excluding hydrogens is 593 g/mol. The van der Waals surface area contributed by atoms with Crippen LogP contribution in [0.5, 0.6) is 5.75 Å². The number of hydrogen-bond acceptors (Lipinski definition) is 5. The molecule has 0 radical (unpaired) electrons. The second kappa shape index (κ2) is 13.2. The Morgan fingerprint density at radius 1 is 1.16 bits per heavy atom. The van der Waals surface area contributed by atoms with E-state index in [1.807, 2.05) is 29.7 Å². The van der Waals surface area contributed by atoms with E-state index in [1.165, 1.54) is 30.6 Å². The number of rotatable bonds is 9. The number of pyridine rings is 1. The van der Waals surface area contributed by atoms with Crippen LogP contribution in [-0.4, -0.2) is 47.4 Å². The molecule has 8 nitrogen and oxygen atoms in total. The molecule has 2 heterocycles. The van der Waals surface area contributed by atoms with Crippen LogP contribution in [0.3, 0.4) is 0 Å². The molecular formula is C27H32BrCl2N5O3. The molecule has 4 rings (SSSR count). The minimum Gasteiger partial charge on any atom is -0.485 e. The molecule has 0 bridgehead atoms. The van der Waals surface area contributed by atoms with E-state index in [-0.39, 0.29) is 31.5 Å². The lowest BCUT2D eigenvalue weighted by Gasteiger charge is -2.21. The van der Waals surface area contributed by atoms with E-state index in [9.17, 15) is 9.59 Å². The van der Waals surface area contributed by atoms with E-state index in [0.717, 1.165) is 23.1 Å². The summed E-state index contributed by atoms with van der Waals surface area (Å²) in [5.41, 5.74) is 2.53. The molecule has 0 unspecified atom stereocenters. The van der Waals surface area contributed by atoms with Crippen molar-refractivity contribution in [2.24, 2.45) is 0 Å². The Labute approximate surface area is 241 Å². The van der Waals surface area contributed by atoms with Crippen molar-refractivity contribution in [3.63, 3.8) is 0 Å². The first kappa shape index (κ1) is 28.7. The highest BCUT2D eigenvalue weighted by Gasteiger charge is 2.20. The molecule has 2 amide bonds. The zero-order valence-electron chi connectivity index (χ0n) is 21.5. The van der Waals surface area contributed by atoms with Gasteiger partial charge in [0.05, 0.1) is 29.5 Å². The summed E-state index contributed by atoms with van der Waals surface area (Å²) in [6, 6.07) is 7.40. The Balaban J connectivity index is 1.36. The standard InChI is InChI=1S/C27H32BrCl2N5O3/c1-17-26(28)35-13-7-10-22(27(35)33-17)38-16-19-20(29)11-12-21(25(19)30)34(2)24(37)15-32-23(36)14-31-18-8-5-3-4-6-9-18/h7,10-13,18,31H,3-6,8-9,14-16H2,1-2H3,(H,32,36). The fraction of sp³-hybridized carbons (Fsp3) is 0.444. The van der Waals surface area contributed by atoms with Gasteiger partial charge < -0.3 is 20.3 Å². The molecule has 1 aromatic carbocycles. The molecule has 1 aliphatic carbocycles. The van der Waals surface area contributed by atoms with Crippen LogP contribution in [-0.2, 0) is 16.2 Å². The molecule has 1 fully saturated rings. The molecule has 2 N–H and O–H groups in total. The van der Waals surface area contributed by atoms with Crippen LogP contribution in [0.1, 0.15) is 49.8 Å². The normalized spacial score (nSPS) is 14.3. The molecule has 3 aromatic rings. The number of hydrogen-bond donors (Lipinski definition) is 2. The fourth-order valence-corrected chi connectivity index (χ4v) is 5.56. The maximum absolute atomic E-state index is 12.9. The molecule has 1 aliphatic rings. The Bertz CT molecular complexity index is 1310. The molecule has 38 heavy (non-hydrogen) atoms. The summed E-state index contributed by atoms with van der Waals surface area (Å²) in [5, 5.41) is 6.75. The summed E-state index contributed by atoms with van der Waals surface area (Å²) >= 11 is 16.7. The van der Waals surface area contributed by atoms with E-state index in [4.69, 9.17) is 27.9 Å². The molecule has 204 valence electrons. The van der Waals surface area contributed by atoms with Crippen LogP contribution in [0.25, 0.3) is 5.65 Å². The van der Waals surface area contributed by atoms with Gasteiger partial charge in [-0.25, -0.2) is 4.98 Å². The lowest BCUT2D eigenvalue weighted by atomic mass is 10.1. The van der Waals surface area contributed by atoms with Crippen LogP contribution < -0.4 is 20.3 Å². The minimum absolute atomic E-state index is 0.0836. The third-order valence-corrected chi connectivity index (χ3v) is 8.56.